The number of methoxy groups -OCH3 is 4. The molecule has 4 heterocycles. The smallest absolute Gasteiger partial charge is 0.657 e. The second-order valence-electron chi connectivity index (χ2n) is 22.6. The Kier molecular flexibility index (Phi) is 48.2. The van der Waals surface area contributed by atoms with E-state index in [9.17, 15) is 9.59 Å². The molecule has 561 valence electrons. The Bertz CT molecular complexity index is 3300. The summed E-state index contributed by atoms with van der Waals surface area (Å²) >= 11 is 0. The van der Waals surface area contributed by atoms with Gasteiger partial charge in [-0.25, -0.2) is 19.6 Å². The van der Waals surface area contributed by atoms with Gasteiger partial charge in [-0.05, 0) is 118 Å². The number of nitrogens with zero attached hydrogens (tertiary/aromatic N) is 7. The number of aromatic nitrogens is 5. The fraction of sp³-hybridized carbons (Fsp3) is 0.589. The maximum absolute atomic E-state index is 13.8. The molecular weight excluding hydrogens is 1450 g/mol. The number of carboxylic acid groups (broad SMARTS) is 2. The molecule has 1 radical (unpaired) electrons. The van der Waals surface area contributed by atoms with E-state index in [0.29, 0.717) is 206 Å². The molecule has 101 heavy (non-hydrogen) atoms. The first-order valence-corrected chi connectivity index (χ1v) is 34.2. The molecule has 0 unspecified atom stereocenters. The Morgan fingerprint density at radius 1 is 0.426 bits per heavy atom. The fourth-order valence-electron chi connectivity index (χ4n) is 10.2. The number of carbonyl (C=O) groups is 4. The SMILES string of the molecule is CC(=O)[O-].CC(=O)[O-].CCc1c(CC)c2cc3nc(cnc4cc5ccccc5cc4ncc4nc(cc1[n-]2)C(CCCOC(=O)N(CCOCCOCCCOC)CCOCCOCCOC)=C4C)C(C)=C3CCCOC(=O)N(CCOCCOCCOC)CCOCCOCCOC.[Gd+3]. The van der Waals surface area contributed by atoms with E-state index in [4.69, 9.17) is 111 Å². The molecule has 27 nitrogen and oxygen atoms in total. The molecule has 0 saturated heterocycles. The van der Waals surface area contributed by atoms with Crippen LogP contribution in [0.1, 0.15) is 108 Å². The van der Waals surface area contributed by atoms with E-state index < -0.39 is 24.1 Å². The molecule has 2 aromatic heterocycles. The van der Waals surface area contributed by atoms with Crippen LogP contribution in [-0.2, 0) is 88.7 Å². The fourth-order valence-corrected chi connectivity index (χ4v) is 10.2. The summed E-state index contributed by atoms with van der Waals surface area (Å²) in [5, 5.41) is 19.8. The molecule has 28 heteroatoms. The van der Waals surface area contributed by atoms with Crippen LogP contribution in [0, 0.1) is 39.9 Å². The zero-order chi connectivity index (χ0) is 72.5. The van der Waals surface area contributed by atoms with Gasteiger partial charge >= 0.3 is 52.1 Å². The summed E-state index contributed by atoms with van der Waals surface area (Å²) in [6.45, 7) is 20.6. The van der Waals surface area contributed by atoms with E-state index >= 15 is 0 Å². The van der Waals surface area contributed by atoms with Crippen molar-refractivity contribution in [1.29, 1.82) is 0 Å². The van der Waals surface area contributed by atoms with Crippen molar-refractivity contribution in [3.8, 4) is 0 Å². The molecule has 6 bridgehead atoms. The molecule has 0 fully saturated rings. The van der Waals surface area contributed by atoms with Gasteiger partial charge in [-0.3, -0.25) is 9.97 Å². The van der Waals surface area contributed by atoms with Crippen LogP contribution >= 0.6 is 0 Å². The summed E-state index contributed by atoms with van der Waals surface area (Å²) < 4.78 is 77.7. The molecule has 0 spiro atoms. The Morgan fingerprint density at radius 2 is 0.743 bits per heavy atom. The summed E-state index contributed by atoms with van der Waals surface area (Å²) in [7, 11) is 6.55. The van der Waals surface area contributed by atoms with Crippen LogP contribution in [0.2, 0.25) is 0 Å². The molecule has 2 aromatic carbocycles. The van der Waals surface area contributed by atoms with Crippen molar-refractivity contribution in [2.45, 2.75) is 86.5 Å². The van der Waals surface area contributed by atoms with Crippen LogP contribution in [-0.4, -0.2) is 254 Å². The first kappa shape index (κ1) is 89.2. The molecule has 0 atom stereocenters. The first-order chi connectivity index (χ1) is 48.6. The number of rotatable bonds is 47. The normalized spacial score (nSPS) is 11.7. The third-order valence-electron chi connectivity index (χ3n) is 15.3. The predicted molar refractivity (Wildman–Crippen MR) is 376 cm³/mol. The quantitative estimate of drug-likeness (QED) is 0.0396. The summed E-state index contributed by atoms with van der Waals surface area (Å²) in [6.07, 6.45) is 7.19. The number of allylic oxidation sites excluding steroid dienone is 4. The van der Waals surface area contributed by atoms with Crippen molar-refractivity contribution in [2.75, 3.05) is 200 Å². The van der Waals surface area contributed by atoms with Gasteiger partial charge in [0.2, 0.25) is 0 Å². The van der Waals surface area contributed by atoms with E-state index in [1.807, 2.05) is 36.7 Å². The molecule has 4 aromatic rings. The van der Waals surface area contributed by atoms with Gasteiger partial charge in [0.1, 0.15) is 0 Å². The van der Waals surface area contributed by atoms with Gasteiger partial charge in [0.15, 0.2) is 0 Å². The van der Waals surface area contributed by atoms with Gasteiger partial charge in [0.25, 0.3) is 0 Å². The predicted octanol–water partition coefficient (Wildman–Crippen LogP) is 7.17. The third-order valence-corrected chi connectivity index (χ3v) is 15.3. The van der Waals surface area contributed by atoms with E-state index in [1.165, 1.54) is 0 Å². The summed E-state index contributed by atoms with van der Waals surface area (Å²) in [5.41, 5.74) is 12.2. The van der Waals surface area contributed by atoms with Crippen molar-refractivity contribution in [2.24, 2.45) is 0 Å². The van der Waals surface area contributed by atoms with Crippen LogP contribution in [0.3, 0.4) is 0 Å². The number of ether oxygens (including phenoxy) is 14. The topological polar surface area (TPSA) is 316 Å². The molecule has 2 aliphatic rings. The molecular formula is C73H106GdN7O20. The molecule has 0 aliphatic carbocycles. The Morgan fingerprint density at radius 3 is 1.07 bits per heavy atom. The standard InChI is InChI=1S/C69H100N7O16.2C2H4O2.Gd/c1-9-56-57(10-2)61-49-63-59(19-14-27-92-69(78)76(22-30-86-41-44-89-36-33-81-7)23-31-87-42-45-90-37-34-82-8)53(4)67(74-63)51-71-65-47-55-17-12-11-16-54(55)46-64(65)70-50-66-52(3)58(62(73-66)48-60(56)72-61)18-13-26-91-68(77)75(21-29-85-40-43-88-35-32-80-6)20-28-84-39-38-83-25-15-24-79-5;2*1-2(3)4;/h11-12,16-17,46-51H,9-10,13-15,18-45H2,1-8H3;2*1H3,(H,3,4);/q-1;;;+3/p-2. The third kappa shape index (κ3) is 35.3. The molecule has 2 aliphatic heterocycles. The zero-order valence-electron chi connectivity index (χ0n) is 60.8. The summed E-state index contributed by atoms with van der Waals surface area (Å²) in [4.78, 5) is 74.6. The van der Waals surface area contributed by atoms with E-state index in [1.54, 1.807) is 38.2 Å². The molecule has 0 N–H and O–H groups in total. The largest absolute Gasteiger partial charge is 3.00 e. The van der Waals surface area contributed by atoms with Gasteiger partial charge in [-0.15, -0.1) is 11.0 Å². The summed E-state index contributed by atoms with van der Waals surface area (Å²) in [5.74, 6) is -2.17. The zero-order valence-corrected chi connectivity index (χ0v) is 63.0. The van der Waals surface area contributed by atoms with E-state index in [0.717, 1.165) is 99.7 Å². The van der Waals surface area contributed by atoms with Gasteiger partial charge in [-0.2, -0.15) is 0 Å². The minimum absolute atomic E-state index is 0. The van der Waals surface area contributed by atoms with Gasteiger partial charge in [0.05, 0.1) is 178 Å². The van der Waals surface area contributed by atoms with Crippen LogP contribution in [0.5, 0.6) is 0 Å². The first-order valence-electron chi connectivity index (χ1n) is 34.2. The maximum Gasteiger partial charge on any atom is 3.00 e. The Hall–Kier alpha value is -6.06. The number of aryl methyl sites for hydroxylation is 2. The minimum atomic E-state index is -1.08. The number of carbonyl (C=O) groups excluding carboxylic acids is 4. The van der Waals surface area contributed by atoms with Crippen molar-refractivity contribution in [3.05, 3.63) is 94.8 Å². The van der Waals surface area contributed by atoms with E-state index in [-0.39, 0.29) is 53.2 Å². The number of hydrogen-bond donors (Lipinski definition) is 0. The van der Waals surface area contributed by atoms with Gasteiger partial charge in [0, 0.05) is 79.8 Å². The second-order valence-corrected chi connectivity index (χ2v) is 22.6. The molecule has 0 saturated carbocycles. The van der Waals surface area contributed by atoms with Gasteiger partial charge < -0.3 is 101 Å². The average molecular weight is 1560 g/mol. The van der Waals surface area contributed by atoms with Crippen LogP contribution in [0.15, 0.2) is 60.9 Å². The second kappa shape index (κ2) is 54.6. The van der Waals surface area contributed by atoms with Crippen LogP contribution in [0.4, 0.5) is 9.59 Å². The van der Waals surface area contributed by atoms with Crippen LogP contribution < -0.4 is 15.2 Å². The van der Waals surface area contributed by atoms with Crippen LogP contribution in [0.25, 0.3) is 55.1 Å². The monoisotopic (exact) mass is 1560 g/mol. The molecule has 2 amide bonds. The van der Waals surface area contributed by atoms with Crippen molar-refractivity contribution in [1.82, 2.24) is 34.7 Å². The van der Waals surface area contributed by atoms with Crippen molar-refractivity contribution < 1.29 is 136 Å². The number of fused-ring (bicyclic) bond motifs is 8. The number of benzene rings is 2. The van der Waals surface area contributed by atoms with Gasteiger partial charge in [-0.1, -0.05) is 61.4 Å². The number of aliphatic carboxylic acids is 2. The Labute approximate surface area is 626 Å². The number of carboxylic acids is 2. The number of hydrogen-bond acceptors (Lipinski definition) is 24. The molecule has 6 rings (SSSR count). The van der Waals surface area contributed by atoms with Crippen molar-refractivity contribution in [3.63, 3.8) is 0 Å². The Balaban J connectivity index is 0.00000279. The van der Waals surface area contributed by atoms with E-state index in [2.05, 4.69) is 52.0 Å². The minimum Gasteiger partial charge on any atom is -0.657 e. The maximum atomic E-state index is 13.8. The number of amides is 2. The average Bonchev–Trinajstić information content (AvgIpc) is 1.64. The van der Waals surface area contributed by atoms with Crippen molar-refractivity contribution >= 4 is 79.3 Å². The summed E-state index contributed by atoms with van der Waals surface area (Å²) in [6, 6.07) is 16.4.